The van der Waals surface area contributed by atoms with Crippen LogP contribution in [0.1, 0.15) is 5.69 Å². The molecule has 0 unspecified atom stereocenters. The molecule has 4 heteroatoms. The first-order chi connectivity index (χ1) is 3.29. The summed E-state index contributed by atoms with van der Waals surface area (Å²) in [6, 6.07) is 1.44. The van der Waals surface area contributed by atoms with Gasteiger partial charge in [-0.1, -0.05) is 0 Å². The molecule has 1 heterocycles. The Labute approximate surface area is 89.3 Å². The normalized spacial score (nSPS) is 8.12. The van der Waals surface area contributed by atoms with Crippen LogP contribution in [0.15, 0.2) is 10.9 Å². The van der Waals surface area contributed by atoms with E-state index in [1.807, 2.05) is 0 Å². The van der Waals surface area contributed by atoms with Gasteiger partial charge in [0.1, 0.15) is 0 Å². The van der Waals surface area contributed by atoms with E-state index < -0.39 is 0 Å². The average Bonchev–Trinajstić information content (AvgIpc) is 1.87. The summed E-state index contributed by atoms with van der Waals surface area (Å²) in [4.78, 5) is 10.1. The third-order valence-electron chi connectivity index (χ3n) is 0.682. The molecule has 0 aliphatic rings. The van der Waals surface area contributed by atoms with Crippen LogP contribution in [0.2, 0.25) is 0 Å². The fourth-order valence-corrected chi connectivity index (χ4v) is 0.393. The van der Waals surface area contributed by atoms with E-state index in [4.69, 9.17) is 0 Å². The quantitative estimate of drug-likeness (QED) is 0.379. The second-order valence-corrected chi connectivity index (χ2v) is 1.39. The van der Waals surface area contributed by atoms with E-state index in [-0.39, 0.29) is 56.9 Å². The van der Waals surface area contributed by atoms with Gasteiger partial charge in [-0.2, -0.15) is 0 Å². The number of nitrogens with one attached hydrogen (secondary N) is 1. The Morgan fingerprint density at radius 1 is 1.75 bits per heavy atom. The molecule has 0 atom stereocenters. The van der Waals surface area contributed by atoms with Crippen LogP contribution in [-0.4, -0.2) is 5.10 Å². The van der Waals surface area contributed by atoms with Crippen molar-refractivity contribution in [2.24, 2.45) is 0 Å². The molecule has 0 amide bonds. The van der Waals surface area contributed by atoms with Crippen molar-refractivity contribution in [2.75, 3.05) is 0 Å². The molecular formula is C4H5KN2O. The number of nitrogens with zero attached hydrogens (tertiary/aromatic N) is 1. The maximum absolute atomic E-state index is 10.1. The predicted molar refractivity (Wildman–Crippen MR) is 25.1 cm³/mol. The molecule has 0 aliphatic carbocycles. The van der Waals surface area contributed by atoms with Gasteiger partial charge in [-0.15, -0.1) is 0 Å². The first-order valence-electron chi connectivity index (χ1n) is 1.98. The second kappa shape index (κ2) is 3.63. The number of hydrogen-bond acceptors (Lipinski definition) is 1. The van der Waals surface area contributed by atoms with E-state index in [1.165, 1.54) is 6.07 Å². The van der Waals surface area contributed by atoms with Gasteiger partial charge in [0.15, 0.2) is 0 Å². The van der Waals surface area contributed by atoms with Gasteiger partial charge in [-0.05, 0) is 18.7 Å². The van der Waals surface area contributed by atoms with Crippen LogP contribution in [0.25, 0.3) is 0 Å². The number of rotatable bonds is 0. The van der Waals surface area contributed by atoms with E-state index in [1.54, 1.807) is 6.92 Å². The van der Waals surface area contributed by atoms with Crippen molar-refractivity contribution in [1.29, 1.82) is 0 Å². The monoisotopic (exact) mass is 136 g/mol. The number of hydrogen-bond donors (Lipinski definition) is 1. The van der Waals surface area contributed by atoms with Crippen LogP contribution in [0.3, 0.4) is 0 Å². The van der Waals surface area contributed by atoms with Crippen molar-refractivity contribution in [2.45, 2.75) is 6.92 Å². The Morgan fingerprint density at radius 2 is 2.38 bits per heavy atom. The standard InChI is InChI=1S/C4H6N2O.K/c1-3-2-4(7)6-5-3;/h2H,1H3,(H2,5,6,7);/q;+1/p-1. The number of aryl methyl sites for hydroxylation is 1. The summed E-state index contributed by atoms with van der Waals surface area (Å²) in [6.45, 7) is 1.79. The van der Waals surface area contributed by atoms with E-state index in [0.29, 0.717) is 0 Å². The Kier molecular flexibility index (Phi) is 3.92. The average molecular weight is 136 g/mol. The molecule has 0 saturated heterocycles. The maximum Gasteiger partial charge on any atom is 1.00 e. The Hall–Kier alpha value is 0.646. The summed E-state index contributed by atoms with van der Waals surface area (Å²) in [7, 11) is 0. The molecule has 1 N–H and O–H groups in total. The largest absolute Gasteiger partial charge is 1.00 e. The number of H-pyrrole nitrogens is 1. The minimum Gasteiger partial charge on any atom is -0.563 e. The summed E-state index contributed by atoms with van der Waals surface area (Å²) in [5, 5.41) is 5.84. The van der Waals surface area contributed by atoms with Crippen molar-refractivity contribution < 1.29 is 51.4 Å². The van der Waals surface area contributed by atoms with Crippen molar-refractivity contribution in [3.05, 3.63) is 22.1 Å². The summed E-state index contributed by atoms with van der Waals surface area (Å²) >= 11 is 0. The van der Waals surface area contributed by atoms with Crippen LogP contribution >= 0.6 is 0 Å². The van der Waals surface area contributed by atoms with Crippen LogP contribution in [0.5, 0.6) is 0 Å². The van der Waals surface area contributed by atoms with Gasteiger partial charge in [0.05, 0.1) is 5.56 Å². The van der Waals surface area contributed by atoms with E-state index in [0.717, 1.165) is 5.69 Å². The molecule has 1 aromatic rings. The minimum atomic E-state index is -0.197. The molecule has 0 fully saturated rings. The Balaban J connectivity index is 0.000000490. The van der Waals surface area contributed by atoms with Gasteiger partial charge in [-0.25, -0.2) is 0 Å². The van der Waals surface area contributed by atoms with Crippen LogP contribution in [0, 0.1) is 6.92 Å². The van der Waals surface area contributed by atoms with Crippen LogP contribution in [-0.2, 0) is 0 Å². The molecule has 38 valence electrons. The summed E-state index contributed by atoms with van der Waals surface area (Å²) in [5.41, 5.74) is 0.613. The van der Waals surface area contributed by atoms with Gasteiger partial charge in [0, 0.05) is 0 Å². The van der Waals surface area contributed by atoms with E-state index >= 15 is 0 Å². The fourth-order valence-electron chi connectivity index (χ4n) is 0.393. The zero-order chi connectivity index (χ0) is 5.28. The van der Waals surface area contributed by atoms with Gasteiger partial charge >= 0.3 is 51.4 Å². The zero-order valence-electron chi connectivity index (χ0n) is 4.93. The second-order valence-electron chi connectivity index (χ2n) is 1.39. The molecule has 0 radical (unpaired) electrons. The predicted octanol–water partition coefficient (Wildman–Crippen LogP) is -3.36. The van der Waals surface area contributed by atoms with Crippen molar-refractivity contribution in [1.82, 2.24) is 10.2 Å². The first-order valence-corrected chi connectivity index (χ1v) is 1.98. The molecular weight excluding hydrogens is 131 g/mol. The van der Waals surface area contributed by atoms with Gasteiger partial charge in [0.25, 0.3) is 0 Å². The number of aromatic amines is 1. The fraction of sp³-hybridized carbons (Fsp3) is 0.250. The van der Waals surface area contributed by atoms with Crippen molar-refractivity contribution in [3.8, 4) is 0 Å². The molecule has 0 aromatic carbocycles. The van der Waals surface area contributed by atoms with Gasteiger partial charge in [0.2, 0.25) is 0 Å². The smallest absolute Gasteiger partial charge is 0.563 e. The molecule has 0 aliphatic heterocycles. The molecule has 0 saturated carbocycles. The molecule has 1 aromatic heterocycles. The third-order valence-corrected chi connectivity index (χ3v) is 0.682. The molecule has 1 rings (SSSR count). The van der Waals surface area contributed by atoms with Crippen molar-refractivity contribution in [3.63, 3.8) is 0 Å². The first kappa shape index (κ1) is 8.65. The summed E-state index contributed by atoms with van der Waals surface area (Å²) in [6.07, 6.45) is 0. The van der Waals surface area contributed by atoms with Crippen LogP contribution in [0.4, 0.5) is 0 Å². The molecule has 8 heavy (non-hydrogen) atoms. The summed E-state index contributed by atoms with van der Waals surface area (Å²) in [5.74, 6) is 0. The Morgan fingerprint density at radius 3 is 2.50 bits per heavy atom. The summed E-state index contributed by atoms with van der Waals surface area (Å²) < 4.78 is 0. The Bertz CT molecular complexity index is 202. The SMILES string of the molecule is Cc1cc(=O)[n-][nH]1.[K+]. The molecule has 3 nitrogen and oxygen atoms in total. The molecule has 0 spiro atoms. The number of aromatic nitrogens is 2. The third kappa shape index (κ3) is 2.28. The van der Waals surface area contributed by atoms with E-state index in [2.05, 4.69) is 10.2 Å². The zero-order valence-corrected chi connectivity index (χ0v) is 8.06. The minimum absolute atomic E-state index is 0. The van der Waals surface area contributed by atoms with E-state index in [9.17, 15) is 4.79 Å². The van der Waals surface area contributed by atoms with Gasteiger partial charge in [-0.3, -0.25) is 0 Å². The van der Waals surface area contributed by atoms with Crippen LogP contribution < -0.4 is 62.0 Å². The van der Waals surface area contributed by atoms with Crippen molar-refractivity contribution >= 4 is 0 Å². The topological polar surface area (TPSA) is 47.0 Å². The maximum atomic E-state index is 10.1. The molecule has 0 bridgehead atoms. The van der Waals surface area contributed by atoms with Gasteiger partial charge < -0.3 is 15.0 Å².